The van der Waals surface area contributed by atoms with E-state index in [1.165, 1.54) is 25.7 Å². The summed E-state index contributed by atoms with van der Waals surface area (Å²) < 4.78 is 0. The van der Waals surface area contributed by atoms with Crippen LogP contribution in [0, 0.1) is 28.6 Å². The second-order valence-corrected chi connectivity index (χ2v) is 16.0. The molecule has 4 rings (SSSR count). The van der Waals surface area contributed by atoms with Gasteiger partial charge in [0.05, 0.1) is 0 Å². The number of ketones is 1. The van der Waals surface area contributed by atoms with E-state index in [4.69, 9.17) is 11.1 Å². The highest BCUT2D eigenvalue weighted by molar-refractivity contribution is 6.38. The predicted molar refractivity (Wildman–Crippen MR) is 211 cm³/mol. The Hall–Kier alpha value is -3.89. The highest BCUT2D eigenvalue weighted by Crippen LogP contribution is 2.53. The molecule has 10 nitrogen and oxygen atoms in total. The zero-order chi connectivity index (χ0) is 38.1. The standard InChI is InChI=1S/C43H64N6O4/c1-31(2)26-38(41(52)47-30-35(16-10-5-11-23-44)39(50)20-18-34-28-43(29-34)21-24-46-25-22-43)49-42(53)37(19-17-32-12-6-3-7-13-32)48-40(51)36(45)27-33-14-8-4-9-15-33/h3-4,6-9,12-15,31,34-35,37-38,45-46H,5,10-11,16-30,44H2,1-2H3,(H,47,52)(H,48,51)(H,49,53)/t35-,37+,38+/m0/s1. The lowest BCUT2D eigenvalue weighted by Gasteiger charge is -2.50. The summed E-state index contributed by atoms with van der Waals surface area (Å²) >= 11 is 0. The van der Waals surface area contributed by atoms with Gasteiger partial charge in [-0.15, -0.1) is 0 Å². The van der Waals surface area contributed by atoms with E-state index in [9.17, 15) is 19.2 Å². The molecule has 2 fully saturated rings. The van der Waals surface area contributed by atoms with Crippen LogP contribution >= 0.6 is 0 Å². The van der Waals surface area contributed by atoms with E-state index in [0.717, 1.165) is 49.9 Å². The van der Waals surface area contributed by atoms with Gasteiger partial charge in [-0.1, -0.05) is 87.4 Å². The Morgan fingerprint density at radius 1 is 0.849 bits per heavy atom. The summed E-state index contributed by atoms with van der Waals surface area (Å²) in [4.78, 5) is 54.4. The SMILES string of the molecule is CC(C)C[C@@H](NC(=O)[C@@H](CCc1ccccc1)NC(=O)C(=N)Cc1ccccc1)C(=O)NC[C@H](CCCCCN)C(=O)CCC1CC2(CCNCC2)C1. The van der Waals surface area contributed by atoms with Crippen molar-refractivity contribution in [1.29, 1.82) is 5.41 Å². The minimum absolute atomic E-state index is 0.0990. The maximum absolute atomic E-state index is 13.9. The number of carbonyl (C=O) groups excluding carboxylic acids is 4. The molecule has 1 saturated carbocycles. The Morgan fingerprint density at radius 2 is 1.51 bits per heavy atom. The summed E-state index contributed by atoms with van der Waals surface area (Å²) in [5, 5.41) is 20.7. The van der Waals surface area contributed by atoms with Crippen LogP contribution in [0.25, 0.3) is 0 Å². The largest absolute Gasteiger partial charge is 0.354 e. The van der Waals surface area contributed by atoms with Gasteiger partial charge in [0.2, 0.25) is 11.8 Å². The van der Waals surface area contributed by atoms with Crippen molar-refractivity contribution in [3.63, 3.8) is 0 Å². The zero-order valence-corrected chi connectivity index (χ0v) is 32.1. The Morgan fingerprint density at radius 3 is 2.15 bits per heavy atom. The maximum Gasteiger partial charge on any atom is 0.265 e. The minimum atomic E-state index is -0.950. The van der Waals surface area contributed by atoms with Crippen LogP contribution in [-0.4, -0.2) is 67.5 Å². The van der Waals surface area contributed by atoms with E-state index in [2.05, 4.69) is 21.3 Å². The minimum Gasteiger partial charge on any atom is -0.354 e. The van der Waals surface area contributed by atoms with Gasteiger partial charge in [-0.2, -0.15) is 0 Å². The number of aryl methyl sites for hydroxylation is 1. The van der Waals surface area contributed by atoms with Crippen molar-refractivity contribution in [2.24, 2.45) is 28.9 Å². The number of benzene rings is 2. The van der Waals surface area contributed by atoms with Gasteiger partial charge < -0.3 is 27.0 Å². The molecule has 290 valence electrons. The Kier molecular flexibility index (Phi) is 17.2. The van der Waals surface area contributed by atoms with Crippen LogP contribution < -0.4 is 27.0 Å². The number of unbranched alkanes of at least 4 members (excludes halogenated alkanes) is 2. The lowest BCUT2D eigenvalue weighted by molar-refractivity contribution is -0.132. The van der Waals surface area contributed by atoms with E-state index in [1.807, 2.05) is 74.5 Å². The van der Waals surface area contributed by atoms with Gasteiger partial charge >= 0.3 is 0 Å². The van der Waals surface area contributed by atoms with Crippen molar-refractivity contribution < 1.29 is 19.2 Å². The molecule has 7 N–H and O–H groups in total. The van der Waals surface area contributed by atoms with Crippen LogP contribution in [-0.2, 0) is 32.0 Å². The van der Waals surface area contributed by atoms with Crippen LogP contribution in [0.2, 0.25) is 0 Å². The third kappa shape index (κ3) is 14.1. The first-order valence-electron chi connectivity index (χ1n) is 20.0. The van der Waals surface area contributed by atoms with Crippen molar-refractivity contribution in [1.82, 2.24) is 21.3 Å². The number of nitrogens with one attached hydrogen (secondary N) is 5. The Bertz CT molecular complexity index is 1450. The number of nitrogens with two attached hydrogens (primary N) is 1. The normalized spacial score (nSPS) is 17.0. The number of carbonyl (C=O) groups is 4. The fourth-order valence-corrected chi connectivity index (χ4v) is 8.05. The number of hydrogen-bond donors (Lipinski definition) is 6. The van der Waals surface area contributed by atoms with E-state index >= 15 is 0 Å². The fourth-order valence-electron chi connectivity index (χ4n) is 8.05. The summed E-state index contributed by atoms with van der Waals surface area (Å²) in [5.41, 5.74) is 7.91. The molecule has 0 radical (unpaired) electrons. The first-order chi connectivity index (χ1) is 25.6. The van der Waals surface area contributed by atoms with E-state index in [0.29, 0.717) is 50.0 Å². The molecule has 0 aromatic heterocycles. The first-order valence-corrected chi connectivity index (χ1v) is 20.0. The Labute approximate surface area is 317 Å². The van der Waals surface area contributed by atoms with Gasteiger partial charge in [0.15, 0.2) is 0 Å². The average molecular weight is 729 g/mol. The van der Waals surface area contributed by atoms with Gasteiger partial charge in [-0.25, -0.2) is 0 Å². The summed E-state index contributed by atoms with van der Waals surface area (Å²) in [6.45, 7) is 7.02. The molecule has 1 spiro atoms. The summed E-state index contributed by atoms with van der Waals surface area (Å²) in [6, 6.07) is 17.2. The van der Waals surface area contributed by atoms with Gasteiger partial charge in [0, 0.05) is 25.3 Å². The molecular formula is C43H64N6O4. The molecule has 10 heteroatoms. The molecule has 1 aliphatic heterocycles. The summed E-state index contributed by atoms with van der Waals surface area (Å²) in [7, 11) is 0. The van der Waals surface area contributed by atoms with Crippen molar-refractivity contribution >= 4 is 29.2 Å². The number of hydrogen-bond acceptors (Lipinski definition) is 7. The topological polar surface area (TPSA) is 166 Å². The lowest BCUT2D eigenvalue weighted by Crippen LogP contribution is -2.55. The third-order valence-electron chi connectivity index (χ3n) is 11.2. The predicted octanol–water partition coefficient (Wildman–Crippen LogP) is 5.28. The Balaban J connectivity index is 1.37. The van der Waals surface area contributed by atoms with Crippen molar-refractivity contribution in [2.45, 2.75) is 116 Å². The van der Waals surface area contributed by atoms with Crippen molar-refractivity contribution in [2.75, 3.05) is 26.2 Å². The van der Waals surface area contributed by atoms with Crippen LogP contribution in [0.1, 0.15) is 102 Å². The second-order valence-electron chi connectivity index (χ2n) is 16.0. The van der Waals surface area contributed by atoms with Gasteiger partial charge in [-0.05, 0) is 112 Å². The monoisotopic (exact) mass is 728 g/mol. The molecule has 1 saturated heterocycles. The highest BCUT2D eigenvalue weighted by atomic mass is 16.2. The molecule has 3 atom stereocenters. The molecule has 1 aliphatic carbocycles. The molecule has 2 aromatic carbocycles. The smallest absolute Gasteiger partial charge is 0.265 e. The first kappa shape index (κ1) is 41.9. The van der Waals surface area contributed by atoms with E-state index in [1.54, 1.807) is 0 Å². The van der Waals surface area contributed by atoms with Gasteiger partial charge in [0.25, 0.3) is 5.91 Å². The molecule has 2 aliphatic rings. The van der Waals surface area contributed by atoms with Crippen molar-refractivity contribution in [3.05, 3.63) is 71.8 Å². The van der Waals surface area contributed by atoms with Gasteiger partial charge in [-0.3, -0.25) is 24.6 Å². The van der Waals surface area contributed by atoms with Gasteiger partial charge in [0.1, 0.15) is 23.6 Å². The van der Waals surface area contributed by atoms with Crippen LogP contribution in [0.3, 0.4) is 0 Å². The van der Waals surface area contributed by atoms with E-state index < -0.39 is 23.9 Å². The molecule has 2 aromatic rings. The third-order valence-corrected chi connectivity index (χ3v) is 11.2. The maximum atomic E-state index is 13.9. The molecule has 1 heterocycles. The summed E-state index contributed by atoms with van der Waals surface area (Å²) in [6.07, 6.45) is 11.1. The van der Waals surface area contributed by atoms with Crippen LogP contribution in [0.5, 0.6) is 0 Å². The number of amides is 3. The fraction of sp³-hybridized carbons (Fsp3) is 0.605. The second kappa shape index (κ2) is 21.7. The van der Waals surface area contributed by atoms with E-state index in [-0.39, 0.29) is 42.2 Å². The molecule has 53 heavy (non-hydrogen) atoms. The van der Waals surface area contributed by atoms with Crippen LogP contribution in [0.15, 0.2) is 60.7 Å². The average Bonchev–Trinajstić information content (AvgIpc) is 3.14. The molecule has 0 unspecified atom stereocenters. The molecular weight excluding hydrogens is 665 g/mol. The van der Waals surface area contributed by atoms with Crippen LogP contribution in [0.4, 0.5) is 0 Å². The lowest BCUT2D eigenvalue weighted by atomic mass is 9.56. The molecule has 0 bridgehead atoms. The summed E-state index contributed by atoms with van der Waals surface area (Å²) in [5.74, 6) is -0.790. The molecule has 3 amide bonds. The number of rotatable bonds is 23. The zero-order valence-electron chi connectivity index (χ0n) is 32.1. The number of piperidine rings is 1. The highest BCUT2D eigenvalue weighted by Gasteiger charge is 2.44. The van der Waals surface area contributed by atoms with Crippen molar-refractivity contribution in [3.8, 4) is 0 Å². The number of Topliss-reactive ketones (excluding diaryl/α,β-unsaturated/α-hetero) is 1. The quantitative estimate of drug-likeness (QED) is 0.0673.